The van der Waals surface area contributed by atoms with Gasteiger partial charge in [-0.2, -0.15) is 0 Å². The number of hydrogen-bond donors (Lipinski definition) is 2. The van der Waals surface area contributed by atoms with E-state index in [0.717, 1.165) is 36.2 Å². The second-order valence-corrected chi connectivity index (χ2v) is 6.90. The first-order valence-electron chi connectivity index (χ1n) is 9.42. The lowest BCUT2D eigenvalue weighted by Gasteiger charge is -2.11. The monoisotopic (exact) mass is 378 g/mol. The van der Waals surface area contributed by atoms with Gasteiger partial charge in [0.05, 0.1) is 16.6 Å². The van der Waals surface area contributed by atoms with Crippen LogP contribution < -0.4 is 15.8 Å². The van der Waals surface area contributed by atoms with Crippen molar-refractivity contribution in [2.24, 2.45) is 5.73 Å². The van der Waals surface area contributed by atoms with Crippen molar-refractivity contribution in [3.8, 4) is 5.75 Å². The molecule has 2 aromatic carbocycles. The summed E-state index contributed by atoms with van der Waals surface area (Å²) in [7, 11) is 0. The molecule has 1 aromatic heterocycles. The number of nitrogens with zero attached hydrogens (tertiary/aromatic N) is 2. The smallest absolute Gasteiger partial charge is 0.259 e. The minimum absolute atomic E-state index is 0.281. The number of primary amides is 1. The Morgan fingerprint density at radius 1 is 1.14 bits per heavy atom. The summed E-state index contributed by atoms with van der Waals surface area (Å²) in [5.74, 6) is 0.509. The van der Waals surface area contributed by atoms with Crippen LogP contribution in [0.2, 0.25) is 0 Å². The van der Waals surface area contributed by atoms with Crippen molar-refractivity contribution in [3.05, 3.63) is 53.9 Å². The number of para-hydroxylation sites is 1. The molecule has 0 fully saturated rings. The van der Waals surface area contributed by atoms with Crippen LogP contribution in [-0.4, -0.2) is 28.0 Å². The van der Waals surface area contributed by atoms with Crippen molar-refractivity contribution in [1.82, 2.24) is 9.55 Å². The first kappa shape index (κ1) is 18.0. The number of ether oxygens (including phenoxy) is 1. The molecule has 2 heterocycles. The molecule has 0 bridgehead atoms. The van der Waals surface area contributed by atoms with Gasteiger partial charge < -0.3 is 20.4 Å². The molecule has 1 aliphatic rings. The van der Waals surface area contributed by atoms with Gasteiger partial charge >= 0.3 is 0 Å². The number of fused-ring (bicyclic) bond motifs is 3. The summed E-state index contributed by atoms with van der Waals surface area (Å²) < 4.78 is 7.62. The van der Waals surface area contributed by atoms with Gasteiger partial charge in [-0.15, -0.1) is 0 Å². The second-order valence-electron chi connectivity index (χ2n) is 6.90. The predicted molar refractivity (Wildman–Crippen MR) is 106 cm³/mol. The molecule has 7 heteroatoms. The van der Waals surface area contributed by atoms with E-state index in [2.05, 4.69) is 9.88 Å². The van der Waals surface area contributed by atoms with Gasteiger partial charge in [-0.3, -0.25) is 9.59 Å². The van der Waals surface area contributed by atoms with Crippen LogP contribution >= 0.6 is 0 Å². The van der Waals surface area contributed by atoms with Crippen molar-refractivity contribution < 1.29 is 14.3 Å². The molecular formula is C21H22N4O3. The number of carbonyl (C=O) groups excluding carboxylic acids is 2. The fourth-order valence-corrected chi connectivity index (χ4v) is 3.56. The summed E-state index contributed by atoms with van der Waals surface area (Å²) >= 11 is 0. The van der Waals surface area contributed by atoms with Crippen molar-refractivity contribution in [3.63, 3.8) is 0 Å². The highest BCUT2D eigenvalue weighted by molar-refractivity contribution is 6.06. The lowest BCUT2D eigenvalue weighted by Crippen LogP contribution is -2.21. The van der Waals surface area contributed by atoms with Crippen LogP contribution in [0.25, 0.3) is 11.0 Å². The maximum Gasteiger partial charge on any atom is 0.259 e. The molecule has 0 aliphatic carbocycles. The number of anilines is 1. The van der Waals surface area contributed by atoms with Crippen molar-refractivity contribution in [1.29, 1.82) is 0 Å². The van der Waals surface area contributed by atoms with E-state index in [0.29, 0.717) is 17.0 Å². The molecule has 28 heavy (non-hydrogen) atoms. The summed E-state index contributed by atoms with van der Waals surface area (Å²) in [6.45, 7) is 0.707. The van der Waals surface area contributed by atoms with Crippen LogP contribution in [0.4, 0.5) is 5.69 Å². The molecule has 0 unspecified atom stereocenters. The lowest BCUT2D eigenvalue weighted by atomic mass is 10.1. The number of rotatable bonds is 5. The van der Waals surface area contributed by atoms with Gasteiger partial charge in [0, 0.05) is 18.7 Å². The zero-order chi connectivity index (χ0) is 19.5. The number of aryl methyl sites for hydroxylation is 2. The molecule has 4 rings (SSSR count). The number of hydrogen-bond acceptors (Lipinski definition) is 4. The van der Waals surface area contributed by atoms with Gasteiger partial charge in [0.2, 0.25) is 0 Å². The number of nitrogens with two attached hydrogens (primary N) is 1. The highest BCUT2D eigenvalue weighted by Gasteiger charge is 2.16. The van der Waals surface area contributed by atoms with E-state index in [9.17, 15) is 9.59 Å². The Kier molecular flexibility index (Phi) is 4.97. The van der Waals surface area contributed by atoms with Gasteiger partial charge in [-0.25, -0.2) is 4.98 Å². The van der Waals surface area contributed by atoms with Gasteiger partial charge in [-0.05, 0) is 43.2 Å². The molecule has 0 atom stereocenters. The Bertz CT molecular complexity index is 1040. The van der Waals surface area contributed by atoms with Crippen LogP contribution in [0, 0.1) is 0 Å². The predicted octanol–water partition coefficient (Wildman–Crippen LogP) is 2.88. The van der Waals surface area contributed by atoms with Crippen LogP contribution in [0.5, 0.6) is 5.75 Å². The van der Waals surface area contributed by atoms with Crippen LogP contribution in [0.1, 0.15) is 35.4 Å². The average Bonchev–Trinajstić information content (AvgIpc) is 2.86. The maximum absolute atomic E-state index is 12.7. The first-order valence-corrected chi connectivity index (χ1v) is 9.42. The van der Waals surface area contributed by atoms with Crippen molar-refractivity contribution in [2.45, 2.75) is 32.2 Å². The van der Waals surface area contributed by atoms with Crippen molar-refractivity contribution in [2.75, 3.05) is 11.9 Å². The number of aromatic nitrogens is 2. The second kappa shape index (κ2) is 7.72. The molecule has 0 saturated heterocycles. The van der Waals surface area contributed by atoms with Crippen LogP contribution in [-0.2, 0) is 17.8 Å². The number of nitrogens with one attached hydrogen (secondary N) is 1. The quantitative estimate of drug-likeness (QED) is 0.713. The van der Waals surface area contributed by atoms with Crippen LogP contribution in [0.15, 0.2) is 42.5 Å². The molecule has 0 radical (unpaired) electrons. The minimum atomic E-state index is -0.597. The summed E-state index contributed by atoms with van der Waals surface area (Å²) in [5.41, 5.74) is 8.10. The Balaban J connectivity index is 1.57. The third-order valence-corrected chi connectivity index (χ3v) is 4.87. The Morgan fingerprint density at radius 3 is 2.86 bits per heavy atom. The van der Waals surface area contributed by atoms with E-state index in [-0.39, 0.29) is 12.5 Å². The van der Waals surface area contributed by atoms with E-state index in [1.807, 2.05) is 18.2 Å². The summed E-state index contributed by atoms with van der Waals surface area (Å²) in [6, 6.07) is 12.5. The van der Waals surface area contributed by atoms with E-state index >= 15 is 0 Å². The normalized spacial score (nSPS) is 13.6. The summed E-state index contributed by atoms with van der Waals surface area (Å²) in [4.78, 5) is 28.4. The molecule has 7 nitrogen and oxygen atoms in total. The zero-order valence-corrected chi connectivity index (χ0v) is 15.5. The fourth-order valence-electron chi connectivity index (χ4n) is 3.56. The molecule has 0 spiro atoms. The van der Waals surface area contributed by atoms with Gasteiger partial charge in [0.25, 0.3) is 11.8 Å². The van der Waals surface area contributed by atoms with E-state index in [1.54, 1.807) is 24.3 Å². The largest absolute Gasteiger partial charge is 0.483 e. The molecule has 1 aliphatic heterocycles. The average molecular weight is 378 g/mol. The lowest BCUT2D eigenvalue weighted by molar-refractivity contribution is -0.119. The summed E-state index contributed by atoms with van der Waals surface area (Å²) in [6.07, 6.45) is 4.55. The third-order valence-electron chi connectivity index (χ3n) is 4.87. The fraction of sp³-hybridized carbons (Fsp3) is 0.286. The number of benzene rings is 2. The zero-order valence-electron chi connectivity index (χ0n) is 15.5. The van der Waals surface area contributed by atoms with Gasteiger partial charge in [0.15, 0.2) is 6.61 Å². The van der Waals surface area contributed by atoms with E-state index in [4.69, 9.17) is 15.5 Å². The number of amides is 2. The van der Waals surface area contributed by atoms with E-state index in [1.165, 1.54) is 12.8 Å². The first-order chi connectivity index (χ1) is 13.6. The molecule has 144 valence electrons. The third kappa shape index (κ3) is 3.69. The standard InChI is InChI=1S/C21H22N4O3/c22-19(26)13-28-18-7-4-3-6-15(18)21(27)23-14-9-10-17-16(12-14)24-20-8-2-1-5-11-25(17)20/h3-4,6-7,9-10,12H,1-2,5,8,11,13H2,(H2,22,26)(H,23,27). The Labute approximate surface area is 162 Å². The molecule has 2 amide bonds. The molecular weight excluding hydrogens is 356 g/mol. The maximum atomic E-state index is 12.7. The SMILES string of the molecule is NC(=O)COc1ccccc1C(=O)Nc1ccc2c(c1)nc1n2CCCCC1. The number of carbonyl (C=O) groups is 2. The molecule has 3 aromatic rings. The molecule has 3 N–H and O–H groups in total. The van der Waals surface area contributed by atoms with Gasteiger partial charge in [0.1, 0.15) is 11.6 Å². The van der Waals surface area contributed by atoms with Gasteiger partial charge in [-0.1, -0.05) is 18.6 Å². The Hall–Kier alpha value is -3.35. The topological polar surface area (TPSA) is 99.2 Å². The number of imidazole rings is 1. The van der Waals surface area contributed by atoms with E-state index < -0.39 is 5.91 Å². The van der Waals surface area contributed by atoms with Crippen molar-refractivity contribution >= 4 is 28.5 Å². The summed E-state index contributed by atoms with van der Waals surface area (Å²) in [5, 5.41) is 2.89. The van der Waals surface area contributed by atoms with Crippen LogP contribution in [0.3, 0.4) is 0 Å². The Morgan fingerprint density at radius 2 is 2.00 bits per heavy atom. The highest BCUT2D eigenvalue weighted by atomic mass is 16.5. The molecule has 0 saturated carbocycles. The minimum Gasteiger partial charge on any atom is -0.483 e. The highest BCUT2D eigenvalue weighted by Crippen LogP contribution is 2.25.